The predicted octanol–water partition coefficient (Wildman–Crippen LogP) is 2.51. The van der Waals surface area contributed by atoms with Crippen molar-refractivity contribution in [2.45, 2.75) is 51.5 Å². The number of thiazole rings is 1. The van der Waals surface area contributed by atoms with Gasteiger partial charge in [-0.3, -0.25) is 4.79 Å². The molecule has 6 heteroatoms. The number of carbonyl (C=O) groups is 1. The summed E-state index contributed by atoms with van der Waals surface area (Å²) in [4.78, 5) is 17.6. The van der Waals surface area contributed by atoms with E-state index in [-0.39, 0.29) is 18.3 Å². The summed E-state index contributed by atoms with van der Waals surface area (Å²) < 4.78 is 0. The van der Waals surface area contributed by atoms with E-state index in [0.717, 1.165) is 18.5 Å². The number of halogens is 1. The van der Waals surface area contributed by atoms with Gasteiger partial charge in [-0.1, -0.05) is 6.42 Å². The second-order valence-electron chi connectivity index (χ2n) is 5.13. The van der Waals surface area contributed by atoms with Crippen molar-refractivity contribution in [3.8, 4) is 0 Å². The van der Waals surface area contributed by atoms with Gasteiger partial charge in [0.1, 0.15) is 0 Å². The van der Waals surface area contributed by atoms with Gasteiger partial charge in [-0.25, -0.2) is 4.98 Å². The number of hydrogen-bond donors (Lipinski definition) is 2. The molecule has 1 aromatic heterocycles. The molecule has 1 aliphatic rings. The van der Waals surface area contributed by atoms with E-state index in [1.165, 1.54) is 24.1 Å². The Hall–Kier alpha value is -0.650. The Morgan fingerprint density at radius 3 is 2.67 bits per heavy atom. The number of aryl methyl sites for hydroxylation is 2. The second kappa shape index (κ2) is 5.99. The number of carbonyl (C=O) groups excluding carboxylic acids is 1. The van der Waals surface area contributed by atoms with Crippen LogP contribution in [-0.4, -0.2) is 16.4 Å². The van der Waals surface area contributed by atoms with E-state index >= 15 is 0 Å². The molecule has 0 bridgehead atoms. The molecule has 0 spiro atoms. The zero-order valence-corrected chi connectivity index (χ0v) is 12.4. The van der Waals surface area contributed by atoms with Crippen molar-refractivity contribution < 1.29 is 4.79 Å². The zero-order valence-electron chi connectivity index (χ0n) is 10.8. The van der Waals surface area contributed by atoms with E-state index in [0.29, 0.717) is 5.13 Å². The van der Waals surface area contributed by atoms with Crippen LogP contribution in [0, 0.1) is 0 Å². The third-order valence-corrected chi connectivity index (χ3v) is 3.97. The van der Waals surface area contributed by atoms with E-state index in [2.05, 4.69) is 10.3 Å². The largest absolute Gasteiger partial charge is 0.318 e. The van der Waals surface area contributed by atoms with E-state index in [1.807, 2.05) is 0 Å². The molecule has 0 aromatic carbocycles. The first-order valence-electron chi connectivity index (χ1n) is 6.06. The maximum atomic E-state index is 11.7. The van der Waals surface area contributed by atoms with Crippen LogP contribution >= 0.6 is 23.7 Å². The molecule has 1 heterocycles. The number of hydrogen-bond acceptors (Lipinski definition) is 4. The highest BCUT2D eigenvalue weighted by Gasteiger charge is 2.23. The summed E-state index contributed by atoms with van der Waals surface area (Å²) in [5.41, 5.74) is 6.05. The summed E-state index contributed by atoms with van der Waals surface area (Å²) in [6, 6.07) is 0. The molecule has 0 saturated heterocycles. The lowest BCUT2D eigenvalue weighted by atomic mass is 10.1. The summed E-state index contributed by atoms with van der Waals surface area (Å²) in [7, 11) is 0. The number of aromatic nitrogens is 1. The number of nitrogens with two attached hydrogens (primary N) is 1. The SMILES string of the molecule is CC(C)(N)C(=O)Nc1nc2c(s1)CCCCC2.Cl. The molecule has 2 rings (SSSR count). The second-order valence-corrected chi connectivity index (χ2v) is 6.21. The molecule has 1 aliphatic carbocycles. The third kappa shape index (κ3) is 3.67. The number of amides is 1. The first kappa shape index (κ1) is 15.4. The van der Waals surface area contributed by atoms with Crippen LogP contribution in [0.3, 0.4) is 0 Å². The lowest BCUT2D eigenvalue weighted by molar-refractivity contribution is -0.120. The van der Waals surface area contributed by atoms with Crippen molar-refractivity contribution in [2.24, 2.45) is 5.73 Å². The van der Waals surface area contributed by atoms with Gasteiger partial charge >= 0.3 is 0 Å². The van der Waals surface area contributed by atoms with Crippen molar-refractivity contribution in [1.82, 2.24) is 4.98 Å². The van der Waals surface area contributed by atoms with Gasteiger partial charge in [-0.05, 0) is 39.5 Å². The number of rotatable bonds is 2. The number of nitrogens with one attached hydrogen (secondary N) is 1. The Morgan fingerprint density at radius 2 is 2.00 bits per heavy atom. The first-order chi connectivity index (χ1) is 7.97. The highest BCUT2D eigenvalue weighted by atomic mass is 35.5. The van der Waals surface area contributed by atoms with Gasteiger partial charge in [0.25, 0.3) is 0 Å². The lowest BCUT2D eigenvalue weighted by Gasteiger charge is -2.16. The van der Waals surface area contributed by atoms with Crippen LogP contribution in [0.1, 0.15) is 43.7 Å². The van der Waals surface area contributed by atoms with E-state index < -0.39 is 5.54 Å². The van der Waals surface area contributed by atoms with Crippen LogP contribution < -0.4 is 11.1 Å². The van der Waals surface area contributed by atoms with Crippen LogP contribution in [0.4, 0.5) is 5.13 Å². The average molecular weight is 290 g/mol. The fraction of sp³-hybridized carbons (Fsp3) is 0.667. The summed E-state index contributed by atoms with van der Waals surface area (Å²) in [6.45, 7) is 3.39. The van der Waals surface area contributed by atoms with Crippen molar-refractivity contribution >= 4 is 34.8 Å². The molecule has 0 radical (unpaired) electrons. The molecule has 0 aliphatic heterocycles. The van der Waals surface area contributed by atoms with Gasteiger partial charge in [-0.15, -0.1) is 23.7 Å². The fourth-order valence-electron chi connectivity index (χ4n) is 1.84. The standard InChI is InChI=1S/C12H19N3OS.ClH/c1-12(2,13)10(16)15-11-14-8-6-4-3-5-7-9(8)17-11;/h3-7,13H2,1-2H3,(H,14,15,16);1H. The normalized spacial score (nSPS) is 15.3. The molecule has 3 N–H and O–H groups in total. The van der Waals surface area contributed by atoms with Gasteiger partial charge in [0, 0.05) is 4.88 Å². The summed E-state index contributed by atoms with van der Waals surface area (Å²) in [5, 5.41) is 3.50. The monoisotopic (exact) mass is 289 g/mol. The quantitative estimate of drug-likeness (QED) is 0.822. The summed E-state index contributed by atoms with van der Waals surface area (Å²) >= 11 is 1.59. The zero-order chi connectivity index (χ0) is 12.5. The minimum atomic E-state index is -0.858. The Balaban J connectivity index is 0.00000162. The summed E-state index contributed by atoms with van der Waals surface area (Å²) in [6.07, 6.45) is 5.83. The van der Waals surface area contributed by atoms with Crippen LogP contribution in [0.25, 0.3) is 0 Å². The molecule has 4 nitrogen and oxygen atoms in total. The van der Waals surface area contributed by atoms with Crippen LogP contribution in [0.2, 0.25) is 0 Å². The molecule has 0 fully saturated rings. The maximum Gasteiger partial charge on any atom is 0.245 e. The molecular formula is C12H20ClN3OS. The Bertz CT molecular complexity index is 402. The van der Waals surface area contributed by atoms with Gasteiger partial charge in [0.15, 0.2) is 5.13 Å². The molecule has 1 aromatic rings. The van der Waals surface area contributed by atoms with Crippen LogP contribution in [0.5, 0.6) is 0 Å². The van der Waals surface area contributed by atoms with Gasteiger partial charge in [-0.2, -0.15) is 0 Å². The van der Waals surface area contributed by atoms with E-state index in [1.54, 1.807) is 25.2 Å². The minimum Gasteiger partial charge on any atom is -0.318 e. The first-order valence-corrected chi connectivity index (χ1v) is 6.87. The lowest BCUT2D eigenvalue weighted by Crippen LogP contribution is -2.45. The van der Waals surface area contributed by atoms with Gasteiger partial charge in [0.05, 0.1) is 11.2 Å². The topological polar surface area (TPSA) is 68.0 Å². The van der Waals surface area contributed by atoms with Gasteiger partial charge < -0.3 is 11.1 Å². The van der Waals surface area contributed by atoms with E-state index in [4.69, 9.17) is 5.73 Å². The molecular weight excluding hydrogens is 270 g/mol. The molecule has 18 heavy (non-hydrogen) atoms. The average Bonchev–Trinajstić information content (AvgIpc) is 2.47. The van der Waals surface area contributed by atoms with Crippen molar-refractivity contribution in [2.75, 3.05) is 5.32 Å². The number of anilines is 1. The minimum absolute atomic E-state index is 0. The van der Waals surface area contributed by atoms with Gasteiger partial charge in [0.2, 0.25) is 5.91 Å². The van der Waals surface area contributed by atoms with E-state index in [9.17, 15) is 4.79 Å². The molecule has 0 saturated carbocycles. The van der Waals surface area contributed by atoms with Crippen molar-refractivity contribution in [1.29, 1.82) is 0 Å². The smallest absolute Gasteiger partial charge is 0.245 e. The maximum absolute atomic E-state index is 11.7. The summed E-state index contributed by atoms with van der Waals surface area (Å²) in [5.74, 6) is -0.179. The molecule has 0 unspecified atom stereocenters. The molecule has 102 valence electrons. The highest BCUT2D eigenvalue weighted by molar-refractivity contribution is 7.15. The Kier molecular flexibility index (Phi) is 5.13. The number of fused-ring (bicyclic) bond motifs is 1. The predicted molar refractivity (Wildman–Crippen MR) is 77.5 cm³/mol. The van der Waals surface area contributed by atoms with Crippen molar-refractivity contribution in [3.05, 3.63) is 10.6 Å². The highest BCUT2D eigenvalue weighted by Crippen LogP contribution is 2.29. The Labute approximate surface area is 118 Å². The molecule has 1 amide bonds. The molecule has 0 atom stereocenters. The number of nitrogens with zero attached hydrogens (tertiary/aromatic N) is 1. The Morgan fingerprint density at radius 1 is 1.33 bits per heavy atom. The van der Waals surface area contributed by atoms with Crippen molar-refractivity contribution in [3.63, 3.8) is 0 Å². The van der Waals surface area contributed by atoms with Crippen LogP contribution in [0.15, 0.2) is 0 Å². The van der Waals surface area contributed by atoms with Crippen LogP contribution in [-0.2, 0) is 17.6 Å². The fourth-order valence-corrected chi connectivity index (χ4v) is 2.89. The third-order valence-electron chi connectivity index (χ3n) is 2.90.